The first-order valence-corrected chi connectivity index (χ1v) is 6.87. The van der Waals surface area contributed by atoms with Crippen molar-refractivity contribution in [2.75, 3.05) is 5.75 Å². The monoisotopic (exact) mass is 283 g/mol. The largest absolute Gasteiger partial charge is 0.409 e. The second-order valence-electron chi connectivity index (χ2n) is 4.25. The van der Waals surface area contributed by atoms with E-state index in [0.717, 1.165) is 17.1 Å². The molecule has 0 fully saturated rings. The summed E-state index contributed by atoms with van der Waals surface area (Å²) in [5.41, 5.74) is 5.89. The van der Waals surface area contributed by atoms with E-state index >= 15 is 0 Å². The van der Waals surface area contributed by atoms with Crippen LogP contribution in [0, 0.1) is 16.0 Å². The van der Waals surface area contributed by atoms with Crippen LogP contribution in [0.5, 0.6) is 0 Å². The summed E-state index contributed by atoms with van der Waals surface area (Å²) in [6.07, 6.45) is 1.05. The summed E-state index contributed by atoms with van der Waals surface area (Å²) in [5, 5.41) is 22.4. The molecule has 0 aliphatic rings. The van der Waals surface area contributed by atoms with Crippen LogP contribution in [0.15, 0.2) is 28.3 Å². The maximum absolute atomic E-state index is 10.7. The number of hydrogen-bond acceptors (Lipinski definition) is 5. The van der Waals surface area contributed by atoms with Gasteiger partial charge in [0.1, 0.15) is 0 Å². The van der Waals surface area contributed by atoms with E-state index in [9.17, 15) is 10.1 Å². The number of nitrogens with zero attached hydrogens (tertiary/aromatic N) is 2. The second kappa shape index (κ2) is 6.98. The Hall–Kier alpha value is -1.76. The molecule has 0 spiro atoms. The predicted octanol–water partition coefficient (Wildman–Crippen LogP) is 2.83. The van der Waals surface area contributed by atoms with Crippen molar-refractivity contribution in [3.8, 4) is 0 Å². The number of amidine groups is 1. The quantitative estimate of drug-likeness (QED) is 0.209. The molecule has 0 aromatic heterocycles. The van der Waals surface area contributed by atoms with Crippen LogP contribution in [-0.4, -0.2) is 21.7 Å². The molecule has 104 valence electrons. The van der Waals surface area contributed by atoms with Crippen LogP contribution in [0.3, 0.4) is 0 Å². The number of benzene rings is 1. The van der Waals surface area contributed by atoms with Gasteiger partial charge in [-0.05, 0) is 12.0 Å². The molecule has 6 nitrogen and oxygen atoms in total. The molecule has 0 aliphatic carbocycles. The molecule has 0 heterocycles. The van der Waals surface area contributed by atoms with Gasteiger partial charge in [0, 0.05) is 28.3 Å². The van der Waals surface area contributed by atoms with Gasteiger partial charge in [-0.2, -0.15) is 0 Å². The van der Waals surface area contributed by atoms with Crippen LogP contribution in [0.2, 0.25) is 0 Å². The second-order valence-corrected chi connectivity index (χ2v) is 5.31. The zero-order valence-electron chi connectivity index (χ0n) is 10.9. The highest BCUT2D eigenvalue weighted by Crippen LogP contribution is 2.28. The Labute approximate surface area is 115 Å². The number of nitrogens with two attached hydrogens (primary N) is 1. The molecule has 1 aromatic rings. The minimum atomic E-state index is -0.503. The number of non-ortho nitro benzene ring substituents is 1. The lowest BCUT2D eigenvalue weighted by Gasteiger charge is -2.11. The van der Waals surface area contributed by atoms with Crippen molar-refractivity contribution in [2.45, 2.75) is 25.2 Å². The number of thioether (sulfide) groups is 1. The SMILES string of the molecule is CCC(C)CSc1ccc([N+](=O)[O-])cc1/C(N)=N/O. The Kier molecular flexibility index (Phi) is 5.62. The molecule has 0 radical (unpaired) electrons. The summed E-state index contributed by atoms with van der Waals surface area (Å²) in [6.45, 7) is 4.23. The lowest BCUT2D eigenvalue weighted by Crippen LogP contribution is -2.15. The molecule has 1 unspecified atom stereocenters. The van der Waals surface area contributed by atoms with Crippen LogP contribution in [-0.2, 0) is 0 Å². The summed E-state index contributed by atoms with van der Waals surface area (Å²) >= 11 is 1.55. The van der Waals surface area contributed by atoms with Crippen molar-refractivity contribution in [1.82, 2.24) is 0 Å². The van der Waals surface area contributed by atoms with Crippen molar-refractivity contribution >= 4 is 23.3 Å². The molecule has 0 bridgehead atoms. The summed E-state index contributed by atoms with van der Waals surface area (Å²) < 4.78 is 0. The molecule has 1 atom stereocenters. The van der Waals surface area contributed by atoms with Gasteiger partial charge in [0.2, 0.25) is 0 Å². The molecular formula is C12H17N3O3S. The Morgan fingerprint density at radius 1 is 1.63 bits per heavy atom. The molecular weight excluding hydrogens is 266 g/mol. The van der Waals surface area contributed by atoms with E-state index in [1.165, 1.54) is 12.1 Å². The van der Waals surface area contributed by atoms with E-state index in [1.807, 2.05) is 0 Å². The van der Waals surface area contributed by atoms with Gasteiger partial charge < -0.3 is 10.9 Å². The number of hydrogen-bond donors (Lipinski definition) is 2. The van der Waals surface area contributed by atoms with Crippen LogP contribution < -0.4 is 5.73 Å². The fourth-order valence-corrected chi connectivity index (χ4v) is 2.54. The first-order valence-electron chi connectivity index (χ1n) is 5.88. The minimum Gasteiger partial charge on any atom is -0.409 e. The van der Waals surface area contributed by atoms with Gasteiger partial charge >= 0.3 is 0 Å². The molecule has 19 heavy (non-hydrogen) atoms. The number of nitro benzene ring substituents is 1. The maximum Gasteiger partial charge on any atom is 0.270 e. The van der Waals surface area contributed by atoms with Gasteiger partial charge in [-0.25, -0.2) is 0 Å². The third-order valence-electron chi connectivity index (χ3n) is 2.78. The van der Waals surface area contributed by atoms with E-state index in [0.29, 0.717) is 11.5 Å². The molecule has 0 saturated carbocycles. The van der Waals surface area contributed by atoms with Crippen molar-refractivity contribution in [1.29, 1.82) is 0 Å². The average molecular weight is 283 g/mol. The highest BCUT2D eigenvalue weighted by molar-refractivity contribution is 7.99. The Balaban J connectivity index is 3.06. The van der Waals surface area contributed by atoms with Gasteiger partial charge in [-0.15, -0.1) is 11.8 Å². The first kappa shape index (κ1) is 15.3. The van der Waals surface area contributed by atoms with Gasteiger partial charge in [-0.1, -0.05) is 25.4 Å². The number of nitro groups is 1. The molecule has 7 heteroatoms. The van der Waals surface area contributed by atoms with Crippen molar-refractivity contribution in [3.63, 3.8) is 0 Å². The summed E-state index contributed by atoms with van der Waals surface area (Å²) in [7, 11) is 0. The van der Waals surface area contributed by atoms with E-state index in [-0.39, 0.29) is 11.5 Å². The van der Waals surface area contributed by atoms with Crippen LogP contribution >= 0.6 is 11.8 Å². The van der Waals surface area contributed by atoms with E-state index < -0.39 is 4.92 Å². The highest BCUT2D eigenvalue weighted by Gasteiger charge is 2.15. The van der Waals surface area contributed by atoms with Gasteiger partial charge in [0.05, 0.1) is 4.92 Å². The predicted molar refractivity (Wildman–Crippen MR) is 75.8 cm³/mol. The number of rotatable bonds is 6. The van der Waals surface area contributed by atoms with E-state index in [1.54, 1.807) is 17.8 Å². The Morgan fingerprint density at radius 2 is 2.32 bits per heavy atom. The van der Waals surface area contributed by atoms with Gasteiger partial charge in [0.25, 0.3) is 5.69 Å². The van der Waals surface area contributed by atoms with Crippen LogP contribution in [0.1, 0.15) is 25.8 Å². The standard InChI is InChI=1S/C12H17N3O3S/c1-3-8(2)7-19-11-5-4-9(15(17)18)6-10(11)12(13)14-16/h4-6,8,16H,3,7H2,1-2H3,(H2,13,14). The molecule has 1 aromatic carbocycles. The normalized spacial score (nSPS) is 13.3. The molecule has 0 aliphatic heterocycles. The Bertz CT molecular complexity index is 491. The smallest absolute Gasteiger partial charge is 0.270 e. The maximum atomic E-state index is 10.7. The molecule has 0 saturated heterocycles. The van der Waals surface area contributed by atoms with E-state index in [2.05, 4.69) is 19.0 Å². The lowest BCUT2D eigenvalue weighted by atomic mass is 10.2. The fraction of sp³-hybridized carbons (Fsp3) is 0.417. The van der Waals surface area contributed by atoms with E-state index in [4.69, 9.17) is 10.9 Å². The van der Waals surface area contributed by atoms with Crippen LogP contribution in [0.25, 0.3) is 0 Å². The van der Waals surface area contributed by atoms with Gasteiger partial charge in [-0.3, -0.25) is 10.1 Å². The summed E-state index contributed by atoms with van der Waals surface area (Å²) in [4.78, 5) is 11.0. The molecule has 1 rings (SSSR count). The van der Waals surface area contributed by atoms with Crippen molar-refractivity contribution in [3.05, 3.63) is 33.9 Å². The molecule has 3 N–H and O–H groups in total. The summed E-state index contributed by atoms with van der Waals surface area (Å²) in [5.74, 6) is 1.29. The third kappa shape index (κ3) is 4.13. The number of oxime groups is 1. The Morgan fingerprint density at radius 3 is 2.84 bits per heavy atom. The zero-order chi connectivity index (χ0) is 14.4. The average Bonchev–Trinajstić information content (AvgIpc) is 2.43. The first-order chi connectivity index (χ1) is 8.99. The third-order valence-corrected chi connectivity index (χ3v) is 4.18. The topological polar surface area (TPSA) is 102 Å². The highest BCUT2D eigenvalue weighted by atomic mass is 32.2. The van der Waals surface area contributed by atoms with Crippen molar-refractivity contribution in [2.24, 2.45) is 16.8 Å². The zero-order valence-corrected chi connectivity index (χ0v) is 11.7. The van der Waals surface area contributed by atoms with Crippen molar-refractivity contribution < 1.29 is 10.1 Å². The van der Waals surface area contributed by atoms with Crippen LogP contribution in [0.4, 0.5) is 5.69 Å². The lowest BCUT2D eigenvalue weighted by molar-refractivity contribution is -0.384. The van der Waals surface area contributed by atoms with Gasteiger partial charge in [0.15, 0.2) is 5.84 Å². The fourth-order valence-electron chi connectivity index (χ4n) is 1.36. The minimum absolute atomic E-state index is 0.0745. The molecule has 0 amide bonds. The summed E-state index contributed by atoms with van der Waals surface area (Å²) in [6, 6.07) is 4.39.